The zero-order valence-electron chi connectivity index (χ0n) is 9.37. The predicted octanol–water partition coefficient (Wildman–Crippen LogP) is 3.15. The molecule has 0 spiro atoms. The molecule has 2 rings (SSSR count). The maximum atomic E-state index is 12.2. The summed E-state index contributed by atoms with van der Waals surface area (Å²) < 4.78 is 1.55. The maximum Gasteiger partial charge on any atom is 0.208 e. The highest BCUT2D eigenvalue weighted by Gasteiger charge is 2.20. The van der Waals surface area contributed by atoms with E-state index in [-0.39, 0.29) is 5.78 Å². The van der Waals surface area contributed by atoms with Crippen LogP contribution in [0.3, 0.4) is 0 Å². The number of aromatic nitrogens is 2. The van der Waals surface area contributed by atoms with Crippen LogP contribution in [0, 0.1) is 0 Å². The third-order valence-corrected chi connectivity index (χ3v) is 3.22. The van der Waals surface area contributed by atoms with Crippen molar-refractivity contribution in [1.29, 1.82) is 0 Å². The maximum absolute atomic E-state index is 12.2. The summed E-state index contributed by atoms with van der Waals surface area (Å²) in [6.07, 6.45) is 8.90. The molecule has 1 aliphatic carbocycles. The number of hydrogen-bond acceptors (Lipinski definition) is 2. The monoisotopic (exact) mass is 238 g/mol. The summed E-state index contributed by atoms with van der Waals surface area (Å²) in [5.74, 6) is 0.0342. The van der Waals surface area contributed by atoms with Crippen LogP contribution in [0.25, 0.3) is 0 Å². The molecule has 1 aromatic heterocycles. The average Bonchev–Trinajstić information content (AvgIpc) is 2.51. The van der Waals surface area contributed by atoms with Crippen LogP contribution in [0.15, 0.2) is 17.8 Å². The van der Waals surface area contributed by atoms with E-state index in [0.29, 0.717) is 10.7 Å². The van der Waals surface area contributed by atoms with Crippen LogP contribution in [-0.4, -0.2) is 15.6 Å². The van der Waals surface area contributed by atoms with Gasteiger partial charge >= 0.3 is 0 Å². The lowest BCUT2D eigenvalue weighted by Gasteiger charge is -2.05. The first-order valence-corrected chi connectivity index (χ1v) is 5.99. The summed E-state index contributed by atoms with van der Waals surface area (Å²) in [5, 5.41) is 4.43. The van der Waals surface area contributed by atoms with Gasteiger partial charge in [-0.15, -0.1) is 0 Å². The van der Waals surface area contributed by atoms with Crippen LogP contribution in [0.4, 0.5) is 0 Å². The van der Waals surface area contributed by atoms with E-state index < -0.39 is 0 Å². The molecule has 0 fully saturated rings. The summed E-state index contributed by atoms with van der Waals surface area (Å²) in [7, 11) is 1.75. The van der Waals surface area contributed by atoms with Crippen LogP contribution >= 0.6 is 11.6 Å². The van der Waals surface area contributed by atoms with Gasteiger partial charge in [-0.05, 0) is 31.3 Å². The van der Waals surface area contributed by atoms with E-state index in [9.17, 15) is 4.79 Å². The van der Waals surface area contributed by atoms with Crippen molar-refractivity contribution in [2.45, 2.75) is 32.1 Å². The average molecular weight is 239 g/mol. The van der Waals surface area contributed by atoms with E-state index in [0.717, 1.165) is 24.8 Å². The van der Waals surface area contributed by atoms with Crippen LogP contribution in [-0.2, 0) is 7.05 Å². The molecule has 0 N–H and O–H groups in total. The number of ketones is 1. The van der Waals surface area contributed by atoms with Gasteiger partial charge in [-0.25, -0.2) is 0 Å². The molecule has 0 saturated carbocycles. The number of halogens is 1. The van der Waals surface area contributed by atoms with Crippen molar-refractivity contribution in [2.24, 2.45) is 7.05 Å². The molecule has 0 radical (unpaired) electrons. The fourth-order valence-electron chi connectivity index (χ4n) is 2.04. The van der Waals surface area contributed by atoms with Crippen LogP contribution in [0.1, 0.15) is 42.6 Å². The van der Waals surface area contributed by atoms with Crippen molar-refractivity contribution in [2.75, 3.05) is 0 Å². The van der Waals surface area contributed by atoms with Crippen molar-refractivity contribution in [3.8, 4) is 0 Å². The fourth-order valence-corrected chi connectivity index (χ4v) is 2.29. The van der Waals surface area contributed by atoms with Gasteiger partial charge in [-0.3, -0.25) is 9.48 Å². The van der Waals surface area contributed by atoms with Crippen LogP contribution in [0.5, 0.6) is 0 Å². The Morgan fingerprint density at radius 3 is 2.94 bits per heavy atom. The van der Waals surface area contributed by atoms with E-state index in [4.69, 9.17) is 11.6 Å². The van der Waals surface area contributed by atoms with Crippen molar-refractivity contribution < 1.29 is 4.79 Å². The molecule has 3 nitrogen and oxygen atoms in total. The first-order chi connectivity index (χ1) is 7.70. The zero-order valence-corrected chi connectivity index (χ0v) is 10.1. The zero-order chi connectivity index (χ0) is 11.5. The Kier molecular flexibility index (Phi) is 3.44. The minimum atomic E-state index is 0.0342. The Bertz CT molecular complexity index is 415. The van der Waals surface area contributed by atoms with Gasteiger partial charge in [0.05, 0.1) is 11.2 Å². The Morgan fingerprint density at radius 2 is 2.25 bits per heavy atom. The van der Waals surface area contributed by atoms with Gasteiger partial charge in [-0.1, -0.05) is 24.1 Å². The van der Waals surface area contributed by atoms with E-state index in [1.165, 1.54) is 19.0 Å². The molecule has 0 unspecified atom stereocenters. The molecule has 1 aliphatic rings. The normalized spacial score (nSPS) is 16.8. The first-order valence-electron chi connectivity index (χ1n) is 5.61. The minimum Gasteiger partial charge on any atom is -0.287 e. The second-order valence-electron chi connectivity index (χ2n) is 4.12. The Labute approximate surface area is 100 Å². The van der Waals surface area contributed by atoms with E-state index in [1.807, 2.05) is 0 Å². The standard InChI is InChI=1S/C12H15ClN2O/c1-15-11(10(13)8-14-15)12(16)9-6-4-2-3-5-7-9/h6,8H,2-5,7H2,1H3. The molecule has 0 amide bonds. The highest BCUT2D eigenvalue weighted by molar-refractivity contribution is 6.34. The number of carbonyl (C=O) groups is 1. The third kappa shape index (κ3) is 2.19. The number of aryl methyl sites for hydroxylation is 1. The number of carbonyl (C=O) groups excluding carboxylic acids is 1. The quantitative estimate of drug-likeness (QED) is 0.742. The summed E-state index contributed by atoms with van der Waals surface area (Å²) in [6, 6.07) is 0. The highest BCUT2D eigenvalue weighted by Crippen LogP contribution is 2.24. The van der Waals surface area contributed by atoms with E-state index >= 15 is 0 Å². The summed E-state index contributed by atoms with van der Waals surface area (Å²) in [5.41, 5.74) is 1.40. The molecule has 0 aromatic carbocycles. The SMILES string of the molecule is Cn1ncc(Cl)c1C(=O)C1=CCCCCC1. The first kappa shape index (κ1) is 11.4. The molecule has 0 bridgehead atoms. The van der Waals surface area contributed by atoms with Crippen molar-refractivity contribution in [3.05, 3.63) is 28.6 Å². The van der Waals surface area contributed by atoms with Crippen LogP contribution < -0.4 is 0 Å². The van der Waals surface area contributed by atoms with Gasteiger partial charge in [0.1, 0.15) is 5.69 Å². The van der Waals surface area contributed by atoms with Gasteiger partial charge in [0, 0.05) is 7.05 Å². The fraction of sp³-hybridized carbons (Fsp3) is 0.500. The predicted molar refractivity (Wildman–Crippen MR) is 63.7 cm³/mol. The van der Waals surface area contributed by atoms with Crippen molar-refractivity contribution >= 4 is 17.4 Å². The van der Waals surface area contributed by atoms with Crippen LogP contribution in [0.2, 0.25) is 5.02 Å². The molecule has 16 heavy (non-hydrogen) atoms. The number of hydrogen-bond donors (Lipinski definition) is 0. The molecular weight excluding hydrogens is 224 g/mol. The summed E-state index contributed by atoms with van der Waals surface area (Å²) in [4.78, 5) is 12.2. The van der Waals surface area contributed by atoms with Gasteiger partial charge in [0.15, 0.2) is 0 Å². The van der Waals surface area contributed by atoms with E-state index in [2.05, 4.69) is 11.2 Å². The van der Waals surface area contributed by atoms with Gasteiger partial charge in [0.2, 0.25) is 5.78 Å². The number of Topliss-reactive ketones (excluding diaryl/α,β-unsaturated/α-hetero) is 1. The second-order valence-corrected chi connectivity index (χ2v) is 4.53. The third-order valence-electron chi connectivity index (χ3n) is 2.94. The lowest BCUT2D eigenvalue weighted by atomic mass is 10.0. The largest absolute Gasteiger partial charge is 0.287 e. The number of nitrogens with zero attached hydrogens (tertiary/aromatic N) is 2. The molecule has 4 heteroatoms. The van der Waals surface area contributed by atoms with E-state index in [1.54, 1.807) is 11.7 Å². The smallest absolute Gasteiger partial charge is 0.208 e. The molecule has 0 atom stereocenters. The van der Waals surface area contributed by atoms with Gasteiger partial charge < -0.3 is 0 Å². The Balaban J connectivity index is 2.27. The Morgan fingerprint density at radius 1 is 1.44 bits per heavy atom. The summed E-state index contributed by atoms with van der Waals surface area (Å²) >= 11 is 5.97. The molecule has 0 aliphatic heterocycles. The lowest BCUT2D eigenvalue weighted by Crippen LogP contribution is -2.10. The van der Waals surface area contributed by atoms with Gasteiger partial charge in [0.25, 0.3) is 0 Å². The summed E-state index contributed by atoms with van der Waals surface area (Å²) in [6.45, 7) is 0. The molecule has 1 heterocycles. The number of rotatable bonds is 2. The van der Waals surface area contributed by atoms with Gasteiger partial charge in [-0.2, -0.15) is 5.10 Å². The molecule has 1 aromatic rings. The second kappa shape index (κ2) is 4.83. The molecular formula is C12H15ClN2O. The van der Waals surface area contributed by atoms with Crippen molar-refractivity contribution in [3.63, 3.8) is 0 Å². The topological polar surface area (TPSA) is 34.9 Å². The Hall–Kier alpha value is -1.09. The molecule has 0 saturated heterocycles. The highest BCUT2D eigenvalue weighted by atomic mass is 35.5. The van der Waals surface area contributed by atoms with Crippen molar-refractivity contribution in [1.82, 2.24) is 9.78 Å². The lowest BCUT2D eigenvalue weighted by molar-refractivity contribution is 0.102. The number of allylic oxidation sites excluding steroid dienone is 2. The minimum absolute atomic E-state index is 0.0342. The molecule has 86 valence electrons.